The van der Waals surface area contributed by atoms with Gasteiger partial charge in [-0.2, -0.15) is 0 Å². The number of carbonyl (C=O) groups is 3. The molecule has 1 atom stereocenters. The number of aryl methyl sites for hydroxylation is 1. The van der Waals surface area contributed by atoms with Crippen LogP contribution in [0.25, 0.3) is 11.6 Å². The Kier molecular flexibility index (Phi) is 5.84. The maximum absolute atomic E-state index is 13.7. The predicted molar refractivity (Wildman–Crippen MR) is 117 cm³/mol. The lowest BCUT2D eigenvalue weighted by Gasteiger charge is -2.16. The van der Waals surface area contributed by atoms with Gasteiger partial charge in [-0.15, -0.1) is 0 Å². The van der Waals surface area contributed by atoms with Crippen LogP contribution in [0.5, 0.6) is 0 Å². The lowest BCUT2D eigenvalue weighted by molar-refractivity contribution is -0.129. The van der Waals surface area contributed by atoms with Crippen molar-refractivity contribution >= 4 is 35.1 Å². The van der Waals surface area contributed by atoms with Crippen molar-refractivity contribution < 1.29 is 23.5 Å². The Morgan fingerprint density at radius 3 is 2.88 bits per heavy atom. The number of likely N-dealkylation sites (tertiary alicyclic amines) is 1. The van der Waals surface area contributed by atoms with Crippen LogP contribution in [0.2, 0.25) is 0 Å². The van der Waals surface area contributed by atoms with Crippen molar-refractivity contribution in [3.8, 4) is 0 Å². The molecule has 0 spiro atoms. The number of hydrogen-bond donors (Lipinski definition) is 3. The molecule has 32 heavy (non-hydrogen) atoms. The largest absolute Gasteiger partial charge is 0.383 e. The molecule has 3 N–H and O–H groups in total. The average Bonchev–Trinajstić information content (AvgIpc) is 3.35. The summed E-state index contributed by atoms with van der Waals surface area (Å²) in [5.74, 6) is -1.25. The fourth-order valence-corrected chi connectivity index (χ4v) is 4.23. The maximum Gasteiger partial charge on any atom is 0.256 e. The van der Waals surface area contributed by atoms with Crippen molar-refractivity contribution in [3.63, 3.8) is 0 Å². The molecule has 0 aliphatic carbocycles. The van der Waals surface area contributed by atoms with Crippen molar-refractivity contribution in [3.05, 3.63) is 52.1 Å². The first-order valence-corrected chi connectivity index (χ1v) is 10.4. The number of methoxy groups -OCH3 is 1. The topological polar surface area (TPSA) is 104 Å². The lowest BCUT2D eigenvalue weighted by atomic mass is 10.0. The second-order valence-corrected chi connectivity index (χ2v) is 8.00. The first-order chi connectivity index (χ1) is 15.3. The normalized spacial score (nSPS) is 18.9. The Morgan fingerprint density at radius 1 is 1.34 bits per heavy atom. The van der Waals surface area contributed by atoms with Crippen molar-refractivity contribution in [1.29, 1.82) is 0 Å². The molecule has 1 aromatic carbocycles. The molecule has 0 unspecified atom stereocenters. The van der Waals surface area contributed by atoms with E-state index >= 15 is 0 Å². The predicted octanol–water partition coefficient (Wildman–Crippen LogP) is 2.24. The van der Waals surface area contributed by atoms with E-state index in [0.717, 1.165) is 0 Å². The molecular weight excluding hydrogens is 415 g/mol. The number of halogens is 1. The molecule has 0 saturated carbocycles. The van der Waals surface area contributed by atoms with E-state index in [-0.39, 0.29) is 17.7 Å². The second kappa shape index (κ2) is 8.58. The summed E-state index contributed by atoms with van der Waals surface area (Å²) in [6, 6.07) is 3.53. The zero-order chi connectivity index (χ0) is 23.0. The van der Waals surface area contributed by atoms with Crippen LogP contribution >= 0.6 is 0 Å². The molecule has 2 aliphatic rings. The summed E-state index contributed by atoms with van der Waals surface area (Å²) >= 11 is 0. The van der Waals surface area contributed by atoms with Gasteiger partial charge in [-0.1, -0.05) is 0 Å². The number of amides is 3. The molecule has 0 radical (unpaired) electrons. The third-order valence-corrected chi connectivity index (χ3v) is 5.92. The van der Waals surface area contributed by atoms with Crippen molar-refractivity contribution in [1.82, 2.24) is 15.2 Å². The number of H-pyrrole nitrogens is 1. The van der Waals surface area contributed by atoms with Gasteiger partial charge in [0, 0.05) is 42.8 Å². The zero-order valence-corrected chi connectivity index (χ0v) is 18.2. The number of aromatic nitrogens is 1. The van der Waals surface area contributed by atoms with E-state index in [0.29, 0.717) is 65.5 Å². The van der Waals surface area contributed by atoms with Crippen LogP contribution in [0.1, 0.15) is 39.3 Å². The number of rotatable bonds is 6. The fourth-order valence-electron chi connectivity index (χ4n) is 4.23. The highest BCUT2D eigenvalue weighted by Crippen LogP contribution is 2.34. The van der Waals surface area contributed by atoms with E-state index in [1.807, 2.05) is 0 Å². The van der Waals surface area contributed by atoms with Gasteiger partial charge in [0.2, 0.25) is 5.91 Å². The first-order valence-electron chi connectivity index (χ1n) is 10.4. The van der Waals surface area contributed by atoms with Crippen LogP contribution in [0.4, 0.5) is 10.1 Å². The summed E-state index contributed by atoms with van der Waals surface area (Å²) in [5.41, 5.74) is 3.60. The Morgan fingerprint density at radius 2 is 2.12 bits per heavy atom. The number of benzene rings is 1. The third-order valence-electron chi connectivity index (χ3n) is 5.92. The molecule has 9 heteroatoms. The average molecular weight is 440 g/mol. The number of anilines is 1. The molecular formula is C23H25FN4O4. The number of fused-ring (bicyclic) bond motifs is 1. The molecule has 8 nitrogen and oxygen atoms in total. The second-order valence-electron chi connectivity index (χ2n) is 8.00. The maximum atomic E-state index is 13.7. The van der Waals surface area contributed by atoms with Gasteiger partial charge in [0.15, 0.2) is 0 Å². The summed E-state index contributed by atoms with van der Waals surface area (Å²) in [6.07, 6.45) is 2.16. The Hall–Kier alpha value is -3.46. The Balaban J connectivity index is 1.56. The molecule has 4 rings (SSSR count). The number of nitrogens with one attached hydrogen (secondary N) is 3. The van der Waals surface area contributed by atoms with Gasteiger partial charge in [0.25, 0.3) is 11.8 Å². The molecule has 0 bridgehead atoms. The number of nitrogens with zero attached hydrogens (tertiary/aromatic N) is 1. The minimum absolute atomic E-state index is 0.121. The lowest BCUT2D eigenvalue weighted by Crippen LogP contribution is -2.42. The molecule has 1 aromatic heterocycles. The third kappa shape index (κ3) is 3.91. The first kappa shape index (κ1) is 21.8. The Labute approximate surface area is 184 Å². The van der Waals surface area contributed by atoms with E-state index < -0.39 is 11.9 Å². The highest BCUT2D eigenvalue weighted by atomic mass is 19.1. The van der Waals surface area contributed by atoms with Crippen LogP contribution < -0.4 is 10.6 Å². The minimum Gasteiger partial charge on any atom is -0.383 e. The number of hydrogen-bond acceptors (Lipinski definition) is 4. The quantitative estimate of drug-likeness (QED) is 0.600. The fraction of sp³-hybridized carbons (Fsp3) is 0.348. The van der Waals surface area contributed by atoms with Gasteiger partial charge in [-0.25, -0.2) is 4.39 Å². The van der Waals surface area contributed by atoms with Gasteiger partial charge < -0.3 is 25.3 Å². The molecule has 3 amide bonds. The molecule has 1 saturated heterocycles. The van der Waals surface area contributed by atoms with Gasteiger partial charge in [-0.3, -0.25) is 14.4 Å². The SMILES string of the molecule is COCCN1CC[C@H](NC(=O)c2c(C)[nH]c(/C=C3\C(=O)Nc4ccc(F)cc43)c2C)C1=O. The minimum atomic E-state index is -0.578. The van der Waals surface area contributed by atoms with Crippen molar-refractivity contribution in [2.24, 2.45) is 0 Å². The van der Waals surface area contributed by atoms with Gasteiger partial charge in [-0.05, 0) is 50.1 Å². The number of ether oxygens (including phenoxy) is 1. The monoisotopic (exact) mass is 440 g/mol. The van der Waals surface area contributed by atoms with E-state index in [1.165, 1.54) is 18.2 Å². The smallest absolute Gasteiger partial charge is 0.256 e. The van der Waals surface area contributed by atoms with Gasteiger partial charge in [0.1, 0.15) is 11.9 Å². The van der Waals surface area contributed by atoms with Crippen LogP contribution in [0.15, 0.2) is 18.2 Å². The Bertz CT molecular complexity index is 1140. The van der Waals surface area contributed by atoms with Crippen LogP contribution in [-0.4, -0.2) is 60.5 Å². The van der Waals surface area contributed by atoms with E-state index in [4.69, 9.17) is 4.74 Å². The summed E-state index contributed by atoms with van der Waals surface area (Å²) in [5, 5.41) is 5.54. The standard InChI is InChI=1S/C23H25FN4O4/c1-12-19(11-16-15-10-14(24)4-5-17(15)26-21(16)29)25-13(2)20(12)22(30)27-18-6-7-28(23(18)31)8-9-32-3/h4-5,10-11,18,25H,6-9H2,1-3H3,(H,26,29)(H,27,30)/b16-11-/t18-/m0/s1. The van der Waals surface area contributed by atoms with E-state index in [1.54, 1.807) is 31.9 Å². The molecule has 2 aromatic rings. The van der Waals surface area contributed by atoms with Crippen LogP contribution in [0.3, 0.4) is 0 Å². The molecule has 2 aliphatic heterocycles. The molecule has 168 valence electrons. The summed E-state index contributed by atoms with van der Waals surface area (Å²) in [7, 11) is 1.58. The summed E-state index contributed by atoms with van der Waals surface area (Å²) in [4.78, 5) is 42.7. The van der Waals surface area contributed by atoms with Gasteiger partial charge in [0.05, 0.1) is 17.7 Å². The van der Waals surface area contributed by atoms with Gasteiger partial charge >= 0.3 is 0 Å². The molecule has 3 heterocycles. The summed E-state index contributed by atoms with van der Waals surface area (Å²) < 4.78 is 18.7. The zero-order valence-electron chi connectivity index (χ0n) is 18.2. The number of aromatic amines is 1. The molecule has 1 fully saturated rings. The number of carbonyl (C=O) groups excluding carboxylic acids is 3. The highest BCUT2D eigenvalue weighted by Gasteiger charge is 2.33. The highest BCUT2D eigenvalue weighted by molar-refractivity contribution is 6.34. The van der Waals surface area contributed by atoms with E-state index in [2.05, 4.69) is 15.6 Å². The van der Waals surface area contributed by atoms with Crippen molar-refractivity contribution in [2.75, 3.05) is 32.1 Å². The van der Waals surface area contributed by atoms with Crippen LogP contribution in [0, 0.1) is 19.7 Å². The van der Waals surface area contributed by atoms with Crippen molar-refractivity contribution in [2.45, 2.75) is 26.3 Å². The van der Waals surface area contributed by atoms with E-state index in [9.17, 15) is 18.8 Å². The van der Waals surface area contributed by atoms with Crippen LogP contribution in [-0.2, 0) is 14.3 Å². The summed E-state index contributed by atoms with van der Waals surface area (Å²) in [6.45, 7) is 5.03.